The van der Waals surface area contributed by atoms with Gasteiger partial charge in [0, 0.05) is 10.5 Å². The van der Waals surface area contributed by atoms with Gasteiger partial charge in [0.15, 0.2) is 0 Å². The van der Waals surface area contributed by atoms with Crippen molar-refractivity contribution in [3.8, 4) is 0 Å². The largest absolute Gasteiger partial charge is 0.327 e. The van der Waals surface area contributed by atoms with Crippen LogP contribution in [0.25, 0.3) is 0 Å². The van der Waals surface area contributed by atoms with E-state index in [1.807, 2.05) is 0 Å². The molecule has 0 aromatic heterocycles. The van der Waals surface area contributed by atoms with Gasteiger partial charge in [0.2, 0.25) is 0 Å². The number of fused-ring (bicyclic) bond motifs is 1. The highest BCUT2D eigenvalue weighted by Crippen LogP contribution is 2.34. The average molecular weight is 254 g/mol. The molecule has 14 heavy (non-hydrogen) atoms. The van der Waals surface area contributed by atoms with Crippen molar-refractivity contribution in [2.45, 2.75) is 38.1 Å². The van der Waals surface area contributed by atoms with Crippen molar-refractivity contribution in [3.05, 3.63) is 33.8 Å². The van der Waals surface area contributed by atoms with Crippen LogP contribution in [0.3, 0.4) is 0 Å². The van der Waals surface area contributed by atoms with Crippen molar-refractivity contribution in [3.63, 3.8) is 0 Å². The zero-order valence-corrected chi connectivity index (χ0v) is 10.0. The van der Waals surface area contributed by atoms with Gasteiger partial charge in [0.25, 0.3) is 0 Å². The lowest BCUT2D eigenvalue weighted by molar-refractivity contribution is 0.485. The predicted molar refractivity (Wildman–Crippen MR) is 63.5 cm³/mol. The third-order valence-electron chi connectivity index (χ3n) is 3.10. The van der Waals surface area contributed by atoms with Crippen LogP contribution in [0.15, 0.2) is 22.7 Å². The molecule has 0 heterocycles. The quantitative estimate of drug-likeness (QED) is 0.818. The average Bonchev–Trinajstić information content (AvgIpc) is 2.16. The van der Waals surface area contributed by atoms with Crippen molar-refractivity contribution >= 4 is 15.9 Å². The number of hydrogen-bond donors (Lipinski definition) is 1. The molecule has 0 amide bonds. The van der Waals surface area contributed by atoms with Crippen molar-refractivity contribution < 1.29 is 0 Å². The van der Waals surface area contributed by atoms with E-state index in [1.54, 1.807) is 0 Å². The van der Waals surface area contributed by atoms with Crippen LogP contribution in [0.4, 0.5) is 0 Å². The zero-order chi connectivity index (χ0) is 10.1. The van der Waals surface area contributed by atoms with Crippen LogP contribution in [-0.4, -0.2) is 6.04 Å². The topological polar surface area (TPSA) is 26.0 Å². The Kier molecular flexibility index (Phi) is 2.93. The first kappa shape index (κ1) is 10.2. The summed E-state index contributed by atoms with van der Waals surface area (Å²) in [4.78, 5) is 0. The minimum atomic E-state index is 0.267. The molecular formula is C12H16BrN. The highest BCUT2D eigenvalue weighted by molar-refractivity contribution is 9.10. The molecule has 0 spiro atoms. The molecule has 1 nitrogen and oxygen atoms in total. The minimum Gasteiger partial charge on any atom is -0.327 e. The second kappa shape index (κ2) is 4.03. The number of rotatable bonds is 1. The fourth-order valence-electron chi connectivity index (χ4n) is 2.35. The predicted octanol–water partition coefficient (Wildman–Crippen LogP) is 3.22. The van der Waals surface area contributed by atoms with E-state index in [4.69, 9.17) is 5.73 Å². The second-order valence-corrected chi connectivity index (χ2v) is 5.12. The summed E-state index contributed by atoms with van der Waals surface area (Å²) in [7, 11) is 0. The molecule has 1 aliphatic rings. The molecule has 0 fully saturated rings. The van der Waals surface area contributed by atoms with E-state index in [9.17, 15) is 0 Å². The summed E-state index contributed by atoms with van der Waals surface area (Å²) in [5.41, 5.74) is 8.96. The fourth-order valence-corrected chi connectivity index (χ4v) is 2.73. The lowest BCUT2D eigenvalue weighted by Crippen LogP contribution is -2.27. The van der Waals surface area contributed by atoms with Gasteiger partial charge in [-0.3, -0.25) is 0 Å². The molecule has 0 saturated carbocycles. The van der Waals surface area contributed by atoms with Crippen LogP contribution in [0, 0.1) is 0 Å². The smallest absolute Gasteiger partial charge is 0.0178 e. The van der Waals surface area contributed by atoms with Crippen LogP contribution >= 0.6 is 15.9 Å². The van der Waals surface area contributed by atoms with Crippen LogP contribution in [0.2, 0.25) is 0 Å². The Bertz CT molecular complexity index is 333. The Morgan fingerprint density at radius 3 is 3.00 bits per heavy atom. The van der Waals surface area contributed by atoms with E-state index in [1.165, 1.54) is 34.9 Å². The molecule has 2 unspecified atom stereocenters. The lowest BCUT2D eigenvalue weighted by Gasteiger charge is -2.28. The van der Waals surface area contributed by atoms with Gasteiger partial charge in [0.1, 0.15) is 0 Å². The summed E-state index contributed by atoms with van der Waals surface area (Å²) in [6.07, 6.45) is 3.73. The standard InChI is InChI=1S/C12H16BrN/c1-8(14)11-4-2-3-9-5-6-10(13)7-12(9)11/h5-8,11H,2-4,14H2,1H3. The van der Waals surface area contributed by atoms with Gasteiger partial charge in [-0.2, -0.15) is 0 Å². The summed E-state index contributed by atoms with van der Waals surface area (Å²) in [6.45, 7) is 2.11. The molecule has 2 heteroatoms. The maximum atomic E-state index is 6.02. The number of aryl methyl sites for hydroxylation is 1. The van der Waals surface area contributed by atoms with Gasteiger partial charge < -0.3 is 5.73 Å². The molecule has 76 valence electrons. The number of hydrogen-bond acceptors (Lipinski definition) is 1. The number of halogens is 1. The fraction of sp³-hybridized carbons (Fsp3) is 0.500. The van der Waals surface area contributed by atoms with Gasteiger partial charge in [-0.25, -0.2) is 0 Å². The van der Waals surface area contributed by atoms with Crippen molar-refractivity contribution in [1.29, 1.82) is 0 Å². The molecule has 1 aromatic carbocycles. The van der Waals surface area contributed by atoms with E-state index in [0.717, 1.165) is 0 Å². The minimum absolute atomic E-state index is 0.267. The van der Waals surface area contributed by atoms with Gasteiger partial charge in [0.05, 0.1) is 0 Å². The van der Waals surface area contributed by atoms with Crippen molar-refractivity contribution in [2.75, 3.05) is 0 Å². The molecular weight excluding hydrogens is 238 g/mol. The van der Waals surface area contributed by atoms with Crippen LogP contribution in [0.5, 0.6) is 0 Å². The number of benzene rings is 1. The van der Waals surface area contributed by atoms with Crippen molar-refractivity contribution in [1.82, 2.24) is 0 Å². The summed E-state index contributed by atoms with van der Waals surface area (Å²) in [6, 6.07) is 6.86. The first-order valence-electron chi connectivity index (χ1n) is 5.22. The van der Waals surface area contributed by atoms with Gasteiger partial charge >= 0.3 is 0 Å². The SMILES string of the molecule is CC(N)C1CCCc2ccc(Br)cc21. The molecule has 0 aliphatic heterocycles. The normalized spacial score (nSPS) is 22.9. The Balaban J connectivity index is 2.41. The van der Waals surface area contributed by atoms with Crippen LogP contribution in [-0.2, 0) is 6.42 Å². The monoisotopic (exact) mass is 253 g/mol. The Hall–Kier alpha value is -0.340. The molecule has 0 radical (unpaired) electrons. The van der Waals surface area contributed by atoms with Gasteiger partial charge in [-0.05, 0) is 55.4 Å². The zero-order valence-electron chi connectivity index (χ0n) is 8.46. The van der Waals surface area contributed by atoms with Crippen LogP contribution in [0.1, 0.15) is 36.8 Å². The molecule has 0 saturated heterocycles. The maximum Gasteiger partial charge on any atom is 0.0178 e. The Morgan fingerprint density at radius 1 is 1.50 bits per heavy atom. The summed E-state index contributed by atoms with van der Waals surface area (Å²) in [5.74, 6) is 0.552. The lowest BCUT2D eigenvalue weighted by atomic mass is 9.79. The van der Waals surface area contributed by atoms with Crippen LogP contribution < -0.4 is 5.73 Å². The highest BCUT2D eigenvalue weighted by atomic mass is 79.9. The van der Waals surface area contributed by atoms with E-state index >= 15 is 0 Å². The Labute approximate surface area is 93.8 Å². The molecule has 0 bridgehead atoms. The third kappa shape index (κ3) is 1.86. The molecule has 2 N–H and O–H groups in total. The molecule has 1 aromatic rings. The second-order valence-electron chi connectivity index (χ2n) is 4.20. The molecule has 1 aliphatic carbocycles. The van der Waals surface area contributed by atoms with E-state index in [0.29, 0.717) is 5.92 Å². The maximum absolute atomic E-state index is 6.02. The summed E-state index contributed by atoms with van der Waals surface area (Å²) in [5, 5.41) is 0. The first-order chi connectivity index (χ1) is 6.68. The summed E-state index contributed by atoms with van der Waals surface area (Å²) < 4.78 is 1.17. The number of nitrogens with two attached hydrogens (primary N) is 1. The van der Waals surface area contributed by atoms with Gasteiger partial charge in [-0.1, -0.05) is 22.0 Å². The van der Waals surface area contributed by atoms with Crippen molar-refractivity contribution in [2.24, 2.45) is 5.73 Å². The van der Waals surface area contributed by atoms with E-state index in [-0.39, 0.29) is 6.04 Å². The van der Waals surface area contributed by atoms with E-state index < -0.39 is 0 Å². The summed E-state index contributed by atoms with van der Waals surface area (Å²) >= 11 is 3.53. The first-order valence-corrected chi connectivity index (χ1v) is 6.01. The molecule has 2 rings (SSSR count). The highest BCUT2D eigenvalue weighted by Gasteiger charge is 2.22. The van der Waals surface area contributed by atoms with Gasteiger partial charge in [-0.15, -0.1) is 0 Å². The third-order valence-corrected chi connectivity index (χ3v) is 3.60. The van der Waals surface area contributed by atoms with E-state index in [2.05, 4.69) is 41.1 Å². The molecule has 2 atom stereocenters. The Morgan fingerprint density at radius 2 is 2.29 bits per heavy atom.